The van der Waals surface area contributed by atoms with Gasteiger partial charge in [-0.2, -0.15) is 0 Å². The van der Waals surface area contributed by atoms with Gasteiger partial charge in [-0.05, 0) is 20.4 Å². The maximum Gasteiger partial charge on any atom is 0.0243 e. The van der Waals surface area contributed by atoms with Crippen LogP contribution >= 0.6 is 0 Å². The lowest BCUT2D eigenvalue weighted by Crippen LogP contribution is -2.24. The highest BCUT2D eigenvalue weighted by Gasteiger charge is 2.02. The van der Waals surface area contributed by atoms with Crippen LogP contribution in [0.25, 0.3) is 0 Å². The molecule has 0 aromatic carbocycles. The van der Waals surface area contributed by atoms with Crippen LogP contribution in [0.2, 0.25) is 0 Å². The molecule has 0 saturated carbocycles. The lowest BCUT2D eigenvalue weighted by molar-refractivity contribution is 0.491. The number of hydrogen-bond donors (Lipinski definition) is 1. The Morgan fingerprint density at radius 1 is 1.14 bits per heavy atom. The highest BCUT2D eigenvalue weighted by molar-refractivity contribution is 4.97. The Kier molecular flexibility index (Phi) is 10.2. The Morgan fingerprint density at radius 3 is 2.43 bits per heavy atom. The molecule has 1 atom stereocenters. The van der Waals surface area contributed by atoms with E-state index in [4.69, 9.17) is 0 Å². The summed E-state index contributed by atoms with van der Waals surface area (Å²) in [5, 5.41) is 3.33. The molecular weight excluding hydrogens is 170 g/mol. The summed E-state index contributed by atoms with van der Waals surface area (Å²) in [7, 11) is 2.04. The van der Waals surface area contributed by atoms with Gasteiger partial charge in [0.25, 0.3) is 0 Å². The summed E-state index contributed by atoms with van der Waals surface area (Å²) in [5.74, 6) is 6.09. The molecule has 14 heavy (non-hydrogen) atoms. The molecule has 0 bridgehead atoms. The minimum absolute atomic E-state index is 0.601. The largest absolute Gasteiger partial charge is 0.316 e. The average Bonchev–Trinajstić information content (AvgIpc) is 2.22. The lowest BCUT2D eigenvalue weighted by atomic mass is 10.0. The Labute approximate surface area is 89.7 Å². The van der Waals surface area contributed by atoms with E-state index >= 15 is 0 Å². The summed E-state index contributed by atoms with van der Waals surface area (Å²) in [5.41, 5.74) is 0. The average molecular weight is 195 g/mol. The first-order chi connectivity index (χ1) is 6.85. The van der Waals surface area contributed by atoms with Gasteiger partial charge in [0.15, 0.2) is 0 Å². The van der Waals surface area contributed by atoms with Crippen molar-refractivity contribution in [2.24, 2.45) is 0 Å². The van der Waals surface area contributed by atoms with Gasteiger partial charge in [0, 0.05) is 12.5 Å². The van der Waals surface area contributed by atoms with Gasteiger partial charge in [0.05, 0.1) is 0 Å². The van der Waals surface area contributed by atoms with E-state index in [1.54, 1.807) is 0 Å². The third-order valence-corrected chi connectivity index (χ3v) is 2.59. The molecule has 0 aliphatic rings. The minimum Gasteiger partial charge on any atom is -0.316 e. The molecule has 1 N–H and O–H groups in total. The predicted octanol–water partition coefficient (Wildman–Crippen LogP) is 3.35. The highest BCUT2D eigenvalue weighted by Crippen LogP contribution is 2.08. The number of nitrogens with one attached hydrogen (secondary N) is 1. The third kappa shape index (κ3) is 8.13. The highest BCUT2D eigenvalue weighted by atomic mass is 14.9. The molecule has 0 aromatic rings. The van der Waals surface area contributed by atoms with Crippen molar-refractivity contribution >= 4 is 0 Å². The molecule has 0 aliphatic carbocycles. The van der Waals surface area contributed by atoms with Crippen molar-refractivity contribution in [3.8, 4) is 11.8 Å². The van der Waals surface area contributed by atoms with Crippen LogP contribution in [0, 0.1) is 11.8 Å². The molecule has 0 heterocycles. The molecule has 0 saturated heterocycles. The van der Waals surface area contributed by atoms with Crippen molar-refractivity contribution in [1.29, 1.82) is 0 Å². The Hall–Kier alpha value is -0.480. The molecule has 1 nitrogen and oxygen atoms in total. The minimum atomic E-state index is 0.601. The van der Waals surface area contributed by atoms with Crippen LogP contribution in [0.15, 0.2) is 0 Å². The van der Waals surface area contributed by atoms with Crippen LogP contribution in [0.3, 0.4) is 0 Å². The summed E-state index contributed by atoms with van der Waals surface area (Å²) in [4.78, 5) is 0. The van der Waals surface area contributed by atoms with E-state index < -0.39 is 0 Å². The number of rotatable bonds is 8. The molecule has 0 aromatic heterocycles. The number of unbranched alkanes of at least 4 members (excludes halogenated alkanes) is 4. The van der Waals surface area contributed by atoms with Crippen LogP contribution in [0.5, 0.6) is 0 Å². The molecule has 1 unspecified atom stereocenters. The SMILES string of the molecule is CC#CCC(CCCCCCC)NC. The second-order valence-electron chi connectivity index (χ2n) is 3.82. The van der Waals surface area contributed by atoms with Crippen LogP contribution in [0.1, 0.15) is 58.8 Å². The Morgan fingerprint density at radius 2 is 1.86 bits per heavy atom. The molecule has 0 amide bonds. The monoisotopic (exact) mass is 195 g/mol. The van der Waals surface area contributed by atoms with Gasteiger partial charge in [-0.25, -0.2) is 0 Å². The molecule has 0 spiro atoms. The quantitative estimate of drug-likeness (QED) is 0.462. The van der Waals surface area contributed by atoms with E-state index in [-0.39, 0.29) is 0 Å². The van der Waals surface area contributed by atoms with Gasteiger partial charge in [-0.3, -0.25) is 0 Å². The van der Waals surface area contributed by atoms with Gasteiger partial charge in [-0.1, -0.05) is 39.0 Å². The smallest absolute Gasteiger partial charge is 0.0243 e. The fourth-order valence-electron chi connectivity index (χ4n) is 1.57. The van der Waals surface area contributed by atoms with Gasteiger partial charge < -0.3 is 5.32 Å². The molecule has 0 radical (unpaired) electrons. The van der Waals surface area contributed by atoms with Crippen molar-refractivity contribution in [3.05, 3.63) is 0 Å². The van der Waals surface area contributed by atoms with Gasteiger partial charge in [0.2, 0.25) is 0 Å². The van der Waals surface area contributed by atoms with E-state index in [9.17, 15) is 0 Å². The van der Waals surface area contributed by atoms with Crippen molar-refractivity contribution in [3.63, 3.8) is 0 Å². The van der Waals surface area contributed by atoms with Crippen LogP contribution < -0.4 is 5.32 Å². The normalized spacial score (nSPS) is 11.9. The zero-order valence-electron chi connectivity index (χ0n) is 10.0. The Balaban J connectivity index is 3.36. The fourth-order valence-corrected chi connectivity index (χ4v) is 1.57. The van der Waals surface area contributed by atoms with Crippen LogP contribution in [0.4, 0.5) is 0 Å². The van der Waals surface area contributed by atoms with Crippen LogP contribution in [-0.4, -0.2) is 13.1 Å². The van der Waals surface area contributed by atoms with Gasteiger partial charge in [0.1, 0.15) is 0 Å². The molecule has 82 valence electrons. The first-order valence-corrected chi connectivity index (χ1v) is 5.92. The van der Waals surface area contributed by atoms with Gasteiger partial charge >= 0.3 is 0 Å². The predicted molar refractivity (Wildman–Crippen MR) is 64.3 cm³/mol. The summed E-state index contributed by atoms with van der Waals surface area (Å²) in [6.45, 7) is 4.17. The number of hydrogen-bond acceptors (Lipinski definition) is 1. The van der Waals surface area contributed by atoms with Crippen molar-refractivity contribution in [1.82, 2.24) is 5.32 Å². The van der Waals surface area contributed by atoms with E-state index in [2.05, 4.69) is 24.1 Å². The van der Waals surface area contributed by atoms with Crippen molar-refractivity contribution in [2.45, 2.75) is 64.8 Å². The molecule has 0 fully saturated rings. The fraction of sp³-hybridized carbons (Fsp3) is 0.846. The van der Waals surface area contributed by atoms with E-state index in [0.717, 1.165) is 6.42 Å². The first kappa shape index (κ1) is 13.5. The zero-order valence-corrected chi connectivity index (χ0v) is 10.0. The van der Waals surface area contributed by atoms with E-state index in [1.807, 2.05) is 14.0 Å². The molecular formula is C13H25N. The molecule has 1 heteroatoms. The molecule has 0 aliphatic heterocycles. The Bertz CT molecular complexity index is 164. The van der Waals surface area contributed by atoms with Crippen molar-refractivity contribution in [2.75, 3.05) is 7.05 Å². The summed E-state index contributed by atoms with van der Waals surface area (Å²) in [6.07, 6.45) is 9.11. The topological polar surface area (TPSA) is 12.0 Å². The second kappa shape index (κ2) is 10.6. The van der Waals surface area contributed by atoms with E-state index in [0.29, 0.717) is 6.04 Å². The lowest BCUT2D eigenvalue weighted by Gasteiger charge is -2.12. The van der Waals surface area contributed by atoms with Crippen molar-refractivity contribution < 1.29 is 0 Å². The first-order valence-electron chi connectivity index (χ1n) is 5.92. The zero-order chi connectivity index (χ0) is 10.6. The molecule has 0 rings (SSSR count). The third-order valence-electron chi connectivity index (χ3n) is 2.59. The van der Waals surface area contributed by atoms with Crippen LogP contribution in [-0.2, 0) is 0 Å². The maximum atomic E-state index is 3.33. The summed E-state index contributed by atoms with van der Waals surface area (Å²) >= 11 is 0. The maximum absolute atomic E-state index is 3.33. The standard InChI is InChI=1S/C13H25N/c1-4-6-8-9-10-12-13(14-3)11-7-5-2/h13-14H,4,6,8-12H2,1-3H3. The summed E-state index contributed by atoms with van der Waals surface area (Å²) in [6, 6.07) is 0.601. The van der Waals surface area contributed by atoms with Gasteiger partial charge in [-0.15, -0.1) is 11.8 Å². The van der Waals surface area contributed by atoms with E-state index in [1.165, 1.54) is 38.5 Å². The summed E-state index contributed by atoms with van der Waals surface area (Å²) < 4.78 is 0. The second-order valence-corrected chi connectivity index (χ2v) is 3.82.